The average Bonchev–Trinajstić information content (AvgIpc) is 2.67. The number of benzene rings is 2. The first-order chi connectivity index (χ1) is 13.2. The van der Waals surface area contributed by atoms with Crippen LogP contribution in [-0.2, 0) is 10.2 Å². The van der Waals surface area contributed by atoms with E-state index in [2.05, 4.69) is 43.9 Å². The van der Waals surface area contributed by atoms with Gasteiger partial charge in [-0.1, -0.05) is 50.6 Å². The van der Waals surface area contributed by atoms with Gasteiger partial charge in [-0.3, -0.25) is 4.79 Å². The maximum Gasteiger partial charge on any atom is 0.263 e. The number of rotatable bonds is 4. The Morgan fingerprint density at radius 3 is 2.25 bits per heavy atom. The van der Waals surface area contributed by atoms with Gasteiger partial charge in [-0.05, 0) is 48.2 Å². The van der Waals surface area contributed by atoms with Gasteiger partial charge in [0, 0.05) is 36.9 Å². The molecule has 0 bridgehead atoms. The van der Waals surface area contributed by atoms with Crippen LogP contribution in [0.2, 0.25) is 5.02 Å². The molecule has 1 aliphatic rings. The van der Waals surface area contributed by atoms with E-state index in [4.69, 9.17) is 16.3 Å². The van der Waals surface area contributed by atoms with Crippen LogP contribution in [-0.4, -0.2) is 43.1 Å². The molecule has 1 fully saturated rings. The molecule has 1 saturated heterocycles. The van der Waals surface area contributed by atoms with Crippen LogP contribution >= 0.6 is 11.6 Å². The molecule has 1 unspecified atom stereocenters. The second kappa shape index (κ2) is 8.44. The molecule has 150 valence electrons. The number of carbonyl (C=O) groups excluding carboxylic acids is 1. The van der Waals surface area contributed by atoms with Crippen molar-refractivity contribution >= 4 is 23.2 Å². The second-order valence-electron chi connectivity index (χ2n) is 8.33. The molecule has 2 aromatic carbocycles. The SMILES string of the molecule is CC(Oc1ccc(C(C)(C)C)cc1)C(=O)N1CCN(c2cccc(Cl)c2)CC1. The summed E-state index contributed by atoms with van der Waals surface area (Å²) in [6.45, 7) is 11.3. The Balaban J connectivity index is 1.54. The van der Waals surface area contributed by atoms with Crippen LogP contribution in [0.1, 0.15) is 33.3 Å². The van der Waals surface area contributed by atoms with E-state index >= 15 is 0 Å². The molecule has 0 radical (unpaired) electrons. The lowest BCUT2D eigenvalue weighted by Crippen LogP contribution is -2.52. The van der Waals surface area contributed by atoms with Crippen LogP contribution in [0.4, 0.5) is 5.69 Å². The van der Waals surface area contributed by atoms with Crippen molar-refractivity contribution in [1.29, 1.82) is 0 Å². The van der Waals surface area contributed by atoms with E-state index in [1.54, 1.807) is 0 Å². The zero-order valence-corrected chi connectivity index (χ0v) is 17.9. The molecular formula is C23H29ClN2O2. The van der Waals surface area contributed by atoms with E-state index in [-0.39, 0.29) is 11.3 Å². The summed E-state index contributed by atoms with van der Waals surface area (Å²) in [6.07, 6.45) is -0.502. The maximum absolute atomic E-state index is 12.8. The predicted octanol–water partition coefficient (Wildman–Crippen LogP) is 4.75. The second-order valence-corrected chi connectivity index (χ2v) is 8.76. The fourth-order valence-electron chi connectivity index (χ4n) is 3.40. The molecule has 1 aliphatic heterocycles. The lowest BCUT2D eigenvalue weighted by Gasteiger charge is -2.37. The molecule has 2 aromatic rings. The van der Waals surface area contributed by atoms with E-state index in [1.807, 2.05) is 42.2 Å². The Morgan fingerprint density at radius 2 is 1.68 bits per heavy atom. The van der Waals surface area contributed by atoms with Crippen molar-refractivity contribution in [3.63, 3.8) is 0 Å². The van der Waals surface area contributed by atoms with Gasteiger partial charge >= 0.3 is 0 Å². The maximum atomic E-state index is 12.8. The van der Waals surface area contributed by atoms with Crippen LogP contribution < -0.4 is 9.64 Å². The standard InChI is InChI=1S/C23H29ClN2O2/c1-17(28-21-10-8-18(9-11-21)23(2,3)4)22(27)26-14-12-25(13-15-26)20-7-5-6-19(24)16-20/h5-11,16-17H,12-15H2,1-4H3. The van der Waals surface area contributed by atoms with Crippen molar-refractivity contribution in [2.24, 2.45) is 0 Å². The quantitative estimate of drug-likeness (QED) is 0.742. The third-order valence-corrected chi connectivity index (χ3v) is 5.38. The molecular weight excluding hydrogens is 372 g/mol. The monoisotopic (exact) mass is 400 g/mol. The number of halogens is 1. The van der Waals surface area contributed by atoms with Gasteiger partial charge in [0.05, 0.1) is 0 Å². The van der Waals surface area contributed by atoms with Crippen LogP contribution in [0.3, 0.4) is 0 Å². The first-order valence-electron chi connectivity index (χ1n) is 9.80. The Kier molecular flexibility index (Phi) is 6.19. The van der Waals surface area contributed by atoms with Crippen molar-refractivity contribution in [2.45, 2.75) is 39.2 Å². The molecule has 1 amide bonds. The van der Waals surface area contributed by atoms with Gasteiger partial charge in [0.2, 0.25) is 0 Å². The van der Waals surface area contributed by atoms with Gasteiger partial charge in [0.25, 0.3) is 5.91 Å². The van der Waals surface area contributed by atoms with Gasteiger partial charge in [-0.25, -0.2) is 0 Å². The molecule has 4 nitrogen and oxygen atoms in total. The van der Waals surface area contributed by atoms with Crippen molar-refractivity contribution in [3.8, 4) is 5.75 Å². The molecule has 1 atom stereocenters. The summed E-state index contributed by atoms with van der Waals surface area (Å²) >= 11 is 6.09. The fourth-order valence-corrected chi connectivity index (χ4v) is 3.59. The number of amides is 1. The highest BCUT2D eigenvalue weighted by Gasteiger charge is 2.26. The van der Waals surface area contributed by atoms with E-state index in [1.165, 1.54) is 5.56 Å². The summed E-state index contributed by atoms with van der Waals surface area (Å²) in [5.74, 6) is 0.761. The zero-order chi connectivity index (χ0) is 20.3. The minimum atomic E-state index is -0.502. The predicted molar refractivity (Wildman–Crippen MR) is 115 cm³/mol. The molecule has 0 aromatic heterocycles. The zero-order valence-electron chi connectivity index (χ0n) is 17.1. The largest absolute Gasteiger partial charge is 0.481 e. The normalized spacial score (nSPS) is 16.0. The molecule has 0 spiro atoms. The van der Waals surface area contributed by atoms with Crippen LogP contribution in [0, 0.1) is 0 Å². The summed E-state index contributed by atoms with van der Waals surface area (Å²) in [5.41, 5.74) is 2.45. The Hall–Kier alpha value is -2.20. The number of anilines is 1. The first-order valence-corrected chi connectivity index (χ1v) is 10.2. The summed E-state index contributed by atoms with van der Waals surface area (Å²) in [6, 6.07) is 15.9. The van der Waals surface area contributed by atoms with Gasteiger partial charge in [-0.2, -0.15) is 0 Å². The summed E-state index contributed by atoms with van der Waals surface area (Å²) in [4.78, 5) is 16.9. The van der Waals surface area contributed by atoms with Crippen LogP contribution in [0.15, 0.2) is 48.5 Å². The molecule has 0 aliphatic carbocycles. The lowest BCUT2D eigenvalue weighted by molar-refractivity contribution is -0.138. The minimum Gasteiger partial charge on any atom is -0.481 e. The highest BCUT2D eigenvalue weighted by molar-refractivity contribution is 6.30. The Bertz CT molecular complexity index is 806. The summed E-state index contributed by atoms with van der Waals surface area (Å²) in [7, 11) is 0. The summed E-state index contributed by atoms with van der Waals surface area (Å²) in [5, 5.41) is 0.732. The third-order valence-electron chi connectivity index (χ3n) is 5.15. The van der Waals surface area contributed by atoms with E-state index in [9.17, 15) is 4.79 Å². The highest BCUT2D eigenvalue weighted by atomic mass is 35.5. The molecule has 28 heavy (non-hydrogen) atoms. The van der Waals surface area contributed by atoms with Crippen molar-refractivity contribution in [1.82, 2.24) is 4.90 Å². The minimum absolute atomic E-state index is 0.0330. The van der Waals surface area contributed by atoms with E-state index < -0.39 is 6.10 Å². The molecule has 1 heterocycles. The lowest BCUT2D eigenvalue weighted by atomic mass is 9.87. The molecule has 3 rings (SSSR count). The average molecular weight is 401 g/mol. The fraction of sp³-hybridized carbons (Fsp3) is 0.435. The van der Waals surface area contributed by atoms with Crippen molar-refractivity contribution in [2.75, 3.05) is 31.1 Å². The topological polar surface area (TPSA) is 32.8 Å². The van der Waals surface area contributed by atoms with Gasteiger partial charge in [-0.15, -0.1) is 0 Å². The first kappa shape index (κ1) is 20.5. The van der Waals surface area contributed by atoms with E-state index in [0.29, 0.717) is 13.1 Å². The van der Waals surface area contributed by atoms with Crippen LogP contribution in [0.25, 0.3) is 0 Å². The third kappa shape index (κ3) is 4.99. The van der Waals surface area contributed by atoms with Crippen LogP contribution in [0.5, 0.6) is 5.75 Å². The molecule has 0 N–H and O–H groups in total. The number of carbonyl (C=O) groups is 1. The Labute approximate surface area is 173 Å². The highest BCUT2D eigenvalue weighted by Crippen LogP contribution is 2.25. The Morgan fingerprint density at radius 1 is 1.04 bits per heavy atom. The van der Waals surface area contributed by atoms with Gasteiger partial charge < -0.3 is 14.5 Å². The van der Waals surface area contributed by atoms with Gasteiger partial charge in [0.15, 0.2) is 6.10 Å². The number of piperazine rings is 1. The number of hydrogen-bond donors (Lipinski definition) is 0. The van der Waals surface area contributed by atoms with Crippen molar-refractivity contribution in [3.05, 3.63) is 59.1 Å². The molecule has 0 saturated carbocycles. The van der Waals surface area contributed by atoms with Crippen molar-refractivity contribution < 1.29 is 9.53 Å². The number of ether oxygens (including phenoxy) is 1. The van der Waals surface area contributed by atoms with E-state index in [0.717, 1.165) is 29.5 Å². The molecule has 5 heteroatoms. The number of hydrogen-bond acceptors (Lipinski definition) is 3. The smallest absolute Gasteiger partial charge is 0.263 e. The number of nitrogens with zero attached hydrogens (tertiary/aromatic N) is 2. The van der Waals surface area contributed by atoms with Gasteiger partial charge in [0.1, 0.15) is 5.75 Å². The summed E-state index contributed by atoms with van der Waals surface area (Å²) < 4.78 is 5.90.